The number of amides is 1. The molecule has 0 radical (unpaired) electrons. The molecule has 1 amide bonds. The highest BCUT2D eigenvalue weighted by Gasteiger charge is 2.32. The number of likely N-dealkylation sites (N-methyl/N-ethyl adjacent to an activating group) is 1. The average molecular weight is 361 g/mol. The van der Waals surface area contributed by atoms with E-state index in [4.69, 9.17) is 11.6 Å². The number of hydrazine groups is 1. The van der Waals surface area contributed by atoms with Crippen LogP contribution in [0.25, 0.3) is 0 Å². The second kappa shape index (κ2) is 7.60. The fraction of sp³-hybridized carbons (Fsp3) is 0.316. The molecule has 1 aliphatic heterocycles. The molecule has 3 nitrogen and oxygen atoms in total. The molecule has 5 heteroatoms. The van der Waals surface area contributed by atoms with Gasteiger partial charge in [0.2, 0.25) is 0 Å². The summed E-state index contributed by atoms with van der Waals surface area (Å²) in [5, 5.41) is 3.96. The zero-order valence-corrected chi connectivity index (χ0v) is 15.5. The highest BCUT2D eigenvalue weighted by molar-refractivity contribution is 8.02. The number of halogens is 1. The van der Waals surface area contributed by atoms with Crippen molar-refractivity contribution in [2.75, 3.05) is 13.6 Å². The highest BCUT2D eigenvalue weighted by atomic mass is 35.5. The lowest BCUT2D eigenvalue weighted by Crippen LogP contribution is -2.47. The van der Waals surface area contributed by atoms with Crippen molar-refractivity contribution < 1.29 is 4.79 Å². The summed E-state index contributed by atoms with van der Waals surface area (Å²) in [7, 11) is 1.93. The minimum Gasteiger partial charge on any atom is -0.266 e. The Kier molecular flexibility index (Phi) is 5.49. The molecule has 126 valence electrons. The number of thioether (sulfide) groups is 1. The first-order valence-electron chi connectivity index (χ1n) is 8.05. The molecule has 1 aromatic rings. The van der Waals surface area contributed by atoms with Gasteiger partial charge >= 0.3 is 0 Å². The zero-order valence-electron chi connectivity index (χ0n) is 13.9. The molecule has 0 saturated heterocycles. The standard InChI is InChI=1S/C19H21ClN2OS/c1-14-7-6-10-16(11-14)22-19(23)18(20)17(12-21(22)2)24-13-15-8-4-3-5-9-15/h3-6,8-11,14H,7,12-13H2,1-2H3. The van der Waals surface area contributed by atoms with Crippen LogP contribution < -0.4 is 0 Å². The maximum absolute atomic E-state index is 12.8. The predicted octanol–water partition coefficient (Wildman–Crippen LogP) is 4.54. The summed E-state index contributed by atoms with van der Waals surface area (Å²) in [6.07, 6.45) is 7.25. The number of allylic oxidation sites excluding steroid dienone is 3. The van der Waals surface area contributed by atoms with Crippen LogP contribution in [0.4, 0.5) is 0 Å². The smallest absolute Gasteiger partial charge is 0.266 e. The van der Waals surface area contributed by atoms with Crippen LogP contribution in [0.2, 0.25) is 0 Å². The van der Waals surface area contributed by atoms with Crippen molar-refractivity contribution in [3.63, 3.8) is 0 Å². The lowest BCUT2D eigenvalue weighted by Gasteiger charge is -2.38. The number of carbonyl (C=O) groups excluding carboxylic acids is 1. The van der Waals surface area contributed by atoms with Crippen molar-refractivity contribution in [1.29, 1.82) is 0 Å². The van der Waals surface area contributed by atoms with Crippen molar-refractivity contribution in [2.45, 2.75) is 19.1 Å². The Morgan fingerprint density at radius 1 is 1.29 bits per heavy atom. The molecule has 1 unspecified atom stereocenters. The number of nitrogens with zero attached hydrogens (tertiary/aromatic N) is 2. The molecular weight excluding hydrogens is 340 g/mol. The second-order valence-electron chi connectivity index (χ2n) is 6.15. The number of carbonyl (C=O) groups is 1. The largest absolute Gasteiger partial charge is 0.285 e. The van der Waals surface area contributed by atoms with E-state index in [0.29, 0.717) is 17.5 Å². The maximum Gasteiger partial charge on any atom is 0.285 e. The van der Waals surface area contributed by atoms with Crippen molar-refractivity contribution in [3.8, 4) is 0 Å². The van der Waals surface area contributed by atoms with Gasteiger partial charge in [0.15, 0.2) is 0 Å². The van der Waals surface area contributed by atoms with Crippen molar-refractivity contribution in [1.82, 2.24) is 10.0 Å². The SMILES string of the molecule is CC1C=C(N2C(=O)C(Cl)=C(SCc3ccccc3)CN2C)C=CC1. The summed E-state index contributed by atoms with van der Waals surface area (Å²) in [6, 6.07) is 10.2. The molecule has 1 atom stereocenters. The third-order valence-corrected chi connectivity index (χ3v) is 5.75. The van der Waals surface area contributed by atoms with E-state index in [1.165, 1.54) is 5.56 Å². The first-order chi connectivity index (χ1) is 11.6. The van der Waals surface area contributed by atoms with Gasteiger partial charge in [-0.1, -0.05) is 61.0 Å². The van der Waals surface area contributed by atoms with E-state index >= 15 is 0 Å². The maximum atomic E-state index is 12.8. The molecule has 24 heavy (non-hydrogen) atoms. The lowest BCUT2D eigenvalue weighted by molar-refractivity contribution is -0.137. The van der Waals surface area contributed by atoms with Gasteiger partial charge in [-0.25, -0.2) is 10.0 Å². The van der Waals surface area contributed by atoms with Crippen LogP contribution in [0, 0.1) is 5.92 Å². The van der Waals surface area contributed by atoms with Crippen LogP contribution in [-0.2, 0) is 10.5 Å². The molecule has 1 aliphatic carbocycles. The van der Waals surface area contributed by atoms with Crippen molar-refractivity contribution >= 4 is 29.3 Å². The first kappa shape index (κ1) is 17.3. The van der Waals surface area contributed by atoms with E-state index in [1.54, 1.807) is 16.8 Å². The summed E-state index contributed by atoms with van der Waals surface area (Å²) >= 11 is 8.04. The fourth-order valence-corrected chi connectivity index (χ4v) is 4.17. The molecule has 0 spiro atoms. The average Bonchev–Trinajstić information content (AvgIpc) is 2.58. The van der Waals surface area contributed by atoms with Crippen LogP contribution in [-0.4, -0.2) is 29.5 Å². The number of rotatable bonds is 4. The van der Waals surface area contributed by atoms with E-state index in [-0.39, 0.29) is 5.91 Å². The van der Waals surface area contributed by atoms with Crippen molar-refractivity contribution in [2.24, 2.45) is 5.92 Å². The molecule has 0 N–H and O–H groups in total. The number of benzene rings is 1. The van der Waals surface area contributed by atoms with E-state index in [1.807, 2.05) is 36.3 Å². The quantitative estimate of drug-likeness (QED) is 0.787. The fourth-order valence-electron chi connectivity index (χ4n) is 2.84. The minimum atomic E-state index is -0.147. The molecule has 0 fully saturated rings. The lowest BCUT2D eigenvalue weighted by atomic mass is 10.0. The topological polar surface area (TPSA) is 23.6 Å². The molecular formula is C19H21ClN2OS. The summed E-state index contributed by atoms with van der Waals surface area (Å²) in [5.41, 5.74) is 2.13. The monoisotopic (exact) mass is 360 g/mol. The van der Waals surface area contributed by atoms with Crippen LogP contribution in [0.3, 0.4) is 0 Å². The number of hydrogen-bond donors (Lipinski definition) is 0. The molecule has 0 aromatic heterocycles. The molecule has 0 bridgehead atoms. The Labute approximate surface area is 152 Å². The minimum absolute atomic E-state index is 0.147. The van der Waals surface area contributed by atoms with Gasteiger partial charge in [0.05, 0.1) is 12.2 Å². The predicted molar refractivity (Wildman–Crippen MR) is 101 cm³/mol. The van der Waals surface area contributed by atoms with Crippen LogP contribution in [0.5, 0.6) is 0 Å². The highest BCUT2D eigenvalue weighted by Crippen LogP contribution is 2.34. The van der Waals surface area contributed by atoms with E-state index in [9.17, 15) is 4.79 Å². The summed E-state index contributed by atoms with van der Waals surface area (Å²) in [5.74, 6) is 1.10. The summed E-state index contributed by atoms with van der Waals surface area (Å²) < 4.78 is 0. The molecule has 1 heterocycles. The second-order valence-corrected chi connectivity index (χ2v) is 7.60. The van der Waals surface area contributed by atoms with Crippen LogP contribution in [0.1, 0.15) is 18.9 Å². The Balaban J connectivity index is 1.76. The van der Waals surface area contributed by atoms with Gasteiger partial charge in [-0.15, -0.1) is 11.8 Å². The Morgan fingerprint density at radius 2 is 2.04 bits per heavy atom. The van der Waals surface area contributed by atoms with Gasteiger partial charge in [-0.2, -0.15) is 0 Å². The van der Waals surface area contributed by atoms with E-state index in [2.05, 4.69) is 31.2 Å². The van der Waals surface area contributed by atoms with Crippen LogP contribution >= 0.6 is 23.4 Å². The molecule has 1 aromatic carbocycles. The van der Waals surface area contributed by atoms with E-state index < -0.39 is 0 Å². The van der Waals surface area contributed by atoms with Crippen LogP contribution in [0.15, 0.2) is 64.2 Å². The van der Waals surface area contributed by atoms with Gasteiger partial charge in [0.25, 0.3) is 5.91 Å². The van der Waals surface area contributed by atoms with Crippen molar-refractivity contribution in [3.05, 3.63) is 69.8 Å². The Bertz CT molecular complexity index is 711. The van der Waals surface area contributed by atoms with Gasteiger partial charge in [0.1, 0.15) is 5.03 Å². The number of hydrogen-bond acceptors (Lipinski definition) is 3. The first-order valence-corrected chi connectivity index (χ1v) is 9.42. The molecule has 3 rings (SSSR count). The van der Waals surface area contributed by atoms with Gasteiger partial charge in [0, 0.05) is 17.7 Å². The molecule has 0 saturated carbocycles. The zero-order chi connectivity index (χ0) is 17.1. The van der Waals surface area contributed by atoms with Gasteiger partial charge in [-0.05, 0) is 24.0 Å². The third-order valence-electron chi connectivity index (χ3n) is 4.09. The Hall–Kier alpha value is -1.49. The van der Waals surface area contributed by atoms with E-state index in [0.717, 1.165) is 22.8 Å². The summed E-state index contributed by atoms with van der Waals surface area (Å²) in [4.78, 5) is 13.7. The Morgan fingerprint density at radius 3 is 2.75 bits per heavy atom. The third kappa shape index (κ3) is 3.77. The summed E-state index contributed by atoms with van der Waals surface area (Å²) in [6.45, 7) is 2.79. The normalized spacial score (nSPS) is 22.1. The molecule has 2 aliphatic rings. The van der Waals surface area contributed by atoms with Gasteiger partial charge < -0.3 is 0 Å². The van der Waals surface area contributed by atoms with Gasteiger partial charge in [-0.3, -0.25) is 4.79 Å².